The first-order valence-corrected chi connectivity index (χ1v) is 7.80. The van der Waals surface area contributed by atoms with Gasteiger partial charge in [0.2, 0.25) is 0 Å². The van der Waals surface area contributed by atoms with Crippen LogP contribution in [0.3, 0.4) is 0 Å². The molecule has 1 N–H and O–H groups in total. The van der Waals surface area contributed by atoms with E-state index in [4.69, 9.17) is 4.74 Å². The van der Waals surface area contributed by atoms with E-state index in [-0.39, 0.29) is 19.6 Å². The van der Waals surface area contributed by atoms with Crippen molar-refractivity contribution in [1.29, 1.82) is 0 Å². The monoisotopic (exact) mass is 403 g/mol. The topological polar surface area (TPSA) is 47.6 Å². The van der Waals surface area contributed by atoms with Crippen molar-refractivity contribution < 1.29 is 45.0 Å². The zero-order valence-corrected chi connectivity index (χ0v) is 14.0. The normalized spacial score (nSPS) is 17.3. The summed E-state index contributed by atoms with van der Waals surface area (Å²) in [5.41, 5.74) is -6.99. The van der Waals surface area contributed by atoms with Crippen LogP contribution in [-0.2, 0) is 9.47 Å². The van der Waals surface area contributed by atoms with Crippen LogP contribution in [0.2, 0.25) is 0 Å². The lowest BCUT2D eigenvalue weighted by molar-refractivity contribution is -0.396. The SMILES string of the molecule is CCC1(COC(NC(=O)c2ccccc2F)(C(F)(F)F)C(F)(F)F)COC1. The number of hydrogen-bond donors (Lipinski definition) is 1. The number of benzene rings is 1. The molecule has 27 heavy (non-hydrogen) atoms. The standard InChI is InChI=1S/C16H16F7NO3/c1-2-13(7-26-8-13)9-27-14(15(18,19)20,16(21,22)23)24-12(25)10-5-3-4-6-11(10)17/h3-6H,2,7-9H2,1H3,(H,24,25). The summed E-state index contributed by atoms with van der Waals surface area (Å²) in [7, 11) is 0. The zero-order chi connectivity index (χ0) is 20.5. The third kappa shape index (κ3) is 4.03. The van der Waals surface area contributed by atoms with E-state index in [2.05, 4.69) is 4.74 Å². The number of halogens is 7. The van der Waals surface area contributed by atoms with E-state index in [0.29, 0.717) is 0 Å². The van der Waals surface area contributed by atoms with Crippen molar-refractivity contribution in [1.82, 2.24) is 5.32 Å². The molecule has 0 bridgehead atoms. The Morgan fingerprint density at radius 3 is 2.11 bits per heavy atom. The van der Waals surface area contributed by atoms with Crippen LogP contribution in [0.1, 0.15) is 23.7 Å². The van der Waals surface area contributed by atoms with Gasteiger partial charge in [0.1, 0.15) is 5.82 Å². The van der Waals surface area contributed by atoms with Crippen molar-refractivity contribution in [3.63, 3.8) is 0 Å². The van der Waals surface area contributed by atoms with E-state index in [9.17, 15) is 35.5 Å². The number of carbonyl (C=O) groups excluding carboxylic acids is 1. The van der Waals surface area contributed by atoms with Crippen LogP contribution < -0.4 is 5.32 Å². The van der Waals surface area contributed by atoms with Gasteiger partial charge >= 0.3 is 18.1 Å². The number of rotatable bonds is 6. The summed E-state index contributed by atoms with van der Waals surface area (Å²) in [6.07, 6.45) is -11.9. The lowest BCUT2D eigenvalue weighted by Crippen LogP contribution is -2.70. The molecule has 0 aliphatic carbocycles. The van der Waals surface area contributed by atoms with Gasteiger partial charge in [-0.3, -0.25) is 4.79 Å². The fourth-order valence-electron chi connectivity index (χ4n) is 2.42. The number of ether oxygens (including phenoxy) is 2. The molecular formula is C16H16F7NO3. The van der Waals surface area contributed by atoms with E-state index in [1.165, 1.54) is 0 Å². The molecule has 1 aromatic rings. The molecule has 1 aromatic carbocycles. The average Bonchev–Trinajstić information content (AvgIpc) is 2.51. The molecule has 1 fully saturated rings. The highest BCUT2D eigenvalue weighted by atomic mass is 19.4. The van der Waals surface area contributed by atoms with E-state index < -0.39 is 47.4 Å². The molecule has 152 valence electrons. The Labute approximate surface area is 149 Å². The van der Waals surface area contributed by atoms with Gasteiger partial charge in [0.15, 0.2) is 0 Å². The average molecular weight is 403 g/mol. The van der Waals surface area contributed by atoms with Crippen molar-refractivity contribution >= 4 is 5.91 Å². The van der Waals surface area contributed by atoms with Crippen molar-refractivity contribution in [3.8, 4) is 0 Å². The van der Waals surface area contributed by atoms with Crippen molar-refractivity contribution in [2.75, 3.05) is 19.8 Å². The maximum absolute atomic E-state index is 13.6. The van der Waals surface area contributed by atoms with Gasteiger partial charge in [-0.2, -0.15) is 26.3 Å². The van der Waals surface area contributed by atoms with Crippen LogP contribution in [0.15, 0.2) is 24.3 Å². The van der Waals surface area contributed by atoms with Crippen LogP contribution in [0.4, 0.5) is 30.7 Å². The second kappa shape index (κ2) is 7.27. The van der Waals surface area contributed by atoms with E-state index in [1.807, 2.05) is 0 Å². The van der Waals surface area contributed by atoms with Gasteiger partial charge in [0.05, 0.1) is 25.4 Å². The molecular weight excluding hydrogens is 387 g/mol. The van der Waals surface area contributed by atoms with Crippen LogP contribution in [0.5, 0.6) is 0 Å². The van der Waals surface area contributed by atoms with Crippen molar-refractivity contribution in [3.05, 3.63) is 35.6 Å². The quantitative estimate of drug-likeness (QED) is 0.581. The van der Waals surface area contributed by atoms with Gasteiger partial charge in [-0.25, -0.2) is 4.39 Å². The number of carbonyl (C=O) groups is 1. The maximum Gasteiger partial charge on any atom is 0.446 e. The minimum absolute atomic E-state index is 0.0729. The fraction of sp³-hybridized carbons (Fsp3) is 0.562. The van der Waals surface area contributed by atoms with Gasteiger partial charge in [-0.15, -0.1) is 0 Å². The molecule has 1 amide bonds. The molecule has 0 unspecified atom stereocenters. The molecule has 1 heterocycles. The van der Waals surface area contributed by atoms with E-state index >= 15 is 0 Å². The third-order valence-electron chi connectivity index (χ3n) is 4.37. The number of alkyl halides is 6. The predicted molar refractivity (Wildman–Crippen MR) is 78.2 cm³/mol. The van der Waals surface area contributed by atoms with Crippen LogP contribution in [0, 0.1) is 11.2 Å². The molecule has 1 aliphatic heterocycles. The summed E-state index contributed by atoms with van der Waals surface area (Å²) in [5, 5.41) is 0.820. The van der Waals surface area contributed by atoms with Gasteiger partial charge in [-0.1, -0.05) is 19.1 Å². The smallest absolute Gasteiger partial charge is 0.380 e. The summed E-state index contributed by atoms with van der Waals surface area (Å²) in [6.45, 7) is 0.458. The Balaban J connectivity index is 2.39. The molecule has 1 aliphatic rings. The second-order valence-electron chi connectivity index (χ2n) is 6.25. The molecule has 2 rings (SSSR count). The first-order chi connectivity index (χ1) is 12.4. The van der Waals surface area contributed by atoms with E-state index in [0.717, 1.165) is 29.6 Å². The Bertz CT molecular complexity index is 664. The van der Waals surface area contributed by atoms with Crippen LogP contribution in [0.25, 0.3) is 0 Å². The summed E-state index contributed by atoms with van der Waals surface area (Å²) >= 11 is 0. The Hall–Kier alpha value is -1.88. The Morgan fingerprint density at radius 2 is 1.70 bits per heavy atom. The number of hydrogen-bond acceptors (Lipinski definition) is 3. The van der Waals surface area contributed by atoms with Gasteiger partial charge in [0, 0.05) is 5.41 Å². The molecule has 0 spiro atoms. The van der Waals surface area contributed by atoms with Gasteiger partial charge in [0.25, 0.3) is 5.91 Å². The second-order valence-corrected chi connectivity index (χ2v) is 6.25. The van der Waals surface area contributed by atoms with Gasteiger partial charge < -0.3 is 14.8 Å². The summed E-state index contributed by atoms with van der Waals surface area (Å²) in [5.74, 6) is -3.18. The van der Waals surface area contributed by atoms with Crippen molar-refractivity contribution in [2.24, 2.45) is 5.41 Å². The lowest BCUT2D eigenvalue weighted by atomic mass is 9.84. The summed E-state index contributed by atoms with van der Waals surface area (Å²) in [6, 6.07) is 3.72. The summed E-state index contributed by atoms with van der Waals surface area (Å²) in [4.78, 5) is 12.0. The van der Waals surface area contributed by atoms with Crippen molar-refractivity contribution in [2.45, 2.75) is 31.4 Å². The highest BCUT2D eigenvalue weighted by molar-refractivity contribution is 5.95. The molecule has 0 saturated carbocycles. The molecule has 0 atom stereocenters. The first kappa shape index (κ1) is 21.4. The lowest BCUT2D eigenvalue weighted by Gasteiger charge is -2.44. The third-order valence-corrected chi connectivity index (χ3v) is 4.37. The van der Waals surface area contributed by atoms with Crippen LogP contribution >= 0.6 is 0 Å². The first-order valence-electron chi connectivity index (χ1n) is 7.80. The van der Waals surface area contributed by atoms with E-state index in [1.54, 1.807) is 6.92 Å². The fourth-order valence-corrected chi connectivity index (χ4v) is 2.42. The minimum Gasteiger partial charge on any atom is -0.380 e. The Morgan fingerprint density at radius 1 is 1.15 bits per heavy atom. The highest BCUT2D eigenvalue weighted by Gasteiger charge is 2.74. The minimum atomic E-state index is -6.05. The highest BCUT2D eigenvalue weighted by Crippen LogP contribution is 2.46. The molecule has 0 radical (unpaired) electrons. The maximum atomic E-state index is 13.6. The molecule has 1 saturated heterocycles. The molecule has 4 nitrogen and oxygen atoms in total. The van der Waals surface area contributed by atoms with Gasteiger partial charge in [-0.05, 0) is 18.6 Å². The molecule has 0 aromatic heterocycles. The molecule has 11 heteroatoms. The Kier molecular flexibility index (Phi) is 5.77. The summed E-state index contributed by atoms with van der Waals surface area (Å²) < 4.78 is 104. The zero-order valence-electron chi connectivity index (χ0n) is 14.0. The largest absolute Gasteiger partial charge is 0.446 e. The number of amides is 1. The number of nitrogens with one attached hydrogen (secondary N) is 1. The van der Waals surface area contributed by atoms with Crippen LogP contribution in [-0.4, -0.2) is 43.8 Å². The predicted octanol–water partition coefficient (Wildman–Crippen LogP) is 3.82.